The number of hydrogen-bond acceptors (Lipinski definition) is 4. The molecule has 0 bridgehead atoms. The second-order valence-corrected chi connectivity index (χ2v) is 8.44. The van der Waals surface area contributed by atoms with E-state index in [1.807, 2.05) is 16.8 Å². The number of hydrogen-bond donors (Lipinski definition) is 1. The highest BCUT2D eigenvalue weighted by Crippen LogP contribution is 2.23. The lowest BCUT2D eigenvalue weighted by molar-refractivity contribution is -0.917. The lowest BCUT2D eigenvalue weighted by Gasteiger charge is -2.12. The molecule has 0 amide bonds. The number of thiophene rings is 2. The molecule has 1 N–H and O–H groups in total. The molecule has 0 spiro atoms. The zero-order chi connectivity index (χ0) is 16.4. The van der Waals surface area contributed by atoms with E-state index in [4.69, 9.17) is 28.9 Å². The Bertz CT molecular complexity index is 831. The molecule has 0 aliphatic rings. The van der Waals surface area contributed by atoms with Gasteiger partial charge in [0.1, 0.15) is 6.54 Å². The fraction of sp³-hybridized carbons (Fsp3) is 0.333. The monoisotopic (exact) mass is 385 g/mol. The van der Waals surface area contributed by atoms with Crippen molar-refractivity contribution in [1.29, 1.82) is 0 Å². The highest BCUT2D eigenvalue weighted by molar-refractivity contribution is 7.71. The Morgan fingerprint density at radius 3 is 2.78 bits per heavy atom. The Balaban J connectivity index is 1.81. The van der Waals surface area contributed by atoms with Crippen LogP contribution in [0.15, 0.2) is 29.6 Å². The van der Waals surface area contributed by atoms with Crippen molar-refractivity contribution in [2.75, 3.05) is 7.05 Å². The summed E-state index contributed by atoms with van der Waals surface area (Å²) in [6, 6.07) is 8.15. The van der Waals surface area contributed by atoms with Crippen LogP contribution in [0.5, 0.6) is 0 Å². The third-order valence-electron chi connectivity index (χ3n) is 3.51. The summed E-state index contributed by atoms with van der Waals surface area (Å²) in [7, 11) is 2.14. The van der Waals surface area contributed by atoms with Crippen LogP contribution in [0.25, 0.3) is 10.7 Å². The molecular weight excluding hydrogens is 368 g/mol. The normalized spacial score (nSPS) is 12.7. The van der Waals surface area contributed by atoms with Gasteiger partial charge in [-0.25, -0.2) is 0 Å². The zero-order valence-electron chi connectivity index (χ0n) is 13.0. The predicted octanol–water partition coefficient (Wildman–Crippen LogP) is 3.55. The second-order valence-electron chi connectivity index (χ2n) is 5.33. The maximum absolute atomic E-state index is 6.00. The molecule has 0 saturated heterocycles. The fourth-order valence-corrected chi connectivity index (χ4v) is 4.71. The number of aromatic nitrogens is 3. The Morgan fingerprint density at radius 2 is 2.17 bits per heavy atom. The van der Waals surface area contributed by atoms with Crippen molar-refractivity contribution in [2.45, 2.75) is 26.7 Å². The molecule has 3 aromatic rings. The molecule has 3 aromatic heterocycles. The van der Waals surface area contributed by atoms with Crippen molar-refractivity contribution in [3.05, 3.63) is 43.6 Å². The van der Waals surface area contributed by atoms with Gasteiger partial charge in [-0.3, -0.25) is 4.57 Å². The molecule has 1 atom stereocenters. The van der Waals surface area contributed by atoms with Crippen molar-refractivity contribution in [2.24, 2.45) is 0 Å². The molecule has 0 radical (unpaired) electrons. The number of halogens is 1. The summed E-state index contributed by atoms with van der Waals surface area (Å²) in [6.45, 7) is 4.57. The summed E-state index contributed by atoms with van der Waals surface area (Å²) in [4.78, 5) is 3.74. The Kier molecular flexibility index (Phi) is 5.33. The van der Waals surface area contributed by atoms with Crippen molar-refractivity contribution < 1.29 is 4.90 Å². The molecule has 0 aromatic carbocycles. The van der Waals surface area contributed by atoms with E-state index in [0.29, 0.717) is 0 Å². The SMILES string of the molecule is CCn1c(-c2cccs2)nn(C[NH+](C)Cc2ccc(Cl)s2)c1=S. The molecule has 0 aliphatic carbocycles. The number of nitrogens with zero attached hydrogens (tertiary/aromatic N) is 3. The van der Waals surface area contributed by atoms with Gasteiger partial charge >= 0.3 is 0 Å². The van der Waals surface area contributed by atoms with Crippen LogP contribution in [-0.4, -0.2) is 21.4 Å². The first-order valence-electron chi connectivity index (χ1n) is 7.35. The summed E-state index contributed by atoms with van der Waals surface area (Å²) < 4.78 is 5.63. The summed E-state index contributed by atoms with van der Waals surface area (Å²) in [6.07, 6.45) is 0. The van der Waals surface area contributed by atoms with Gasteiger partial charge in [-0.05, 0) is 42.7 Å². The first-order chi connectivity index (χ1) is 11.1. The van der Waals surface area contributed by atoms with Crippen molar-refractivity contribution >= 4 is 46.5 Å². The molecule has 0 fully saturated rings. The van der Waals surface area contributed by atoms with Gasteiger partial charge in [0.2, 0.25) is 4.77 Å². The van der Waals surface area contributed by atoms with Gasteiger partial charge in [-0.1, -0.05) is 17.7 Å². The molecule has 122 valence electrons. The van der Waals surface area contributed by atoms with Gasteiger partial charge in [0.25, 0.3) is 0 Å². The molecule has 0 saturated carbocycles. The van der Waals surface area contributed by atoms with Crippen LogP contribution < -0.4 is 4.90 Å². The van der Waals surface area contributed by atoms with E-state index in [1.54, 1.807) is 22.7 Å². The van der Waals surface area contributed by atoms with E-state index in [-0.39, 0.29) is 0 Å². The van der Waals surface area contributed by atoms with E-state index in [1.165, 1.54) is 9.78 Å². The first-order valence-corrected chi connectivity index (χ1v) is 9.83. The minimum absolute atomic E-state index is 0.736. The van der Waals surface area contributed by atoms with Crippen LogP contribution in [0.1, 0.15) is 11.8 Å². The standard InChI is InChI=1S/C15H17ClN4S3/c1-3-19-14(12-5-4-8-22-12)17-20(15(19)21)10-18(2)9-11-6-7-13(16)23-11/h4-8H,3,9-10H2,1-2H3/p+1. The molecule has 4 nitrogen and oxygen atoms in total. The van der Waals surface area contributed by atoms with Crippen LogP contribution >= 0.6 is 46.5 Å². The van der Waals surface area contributed by atoms with Crippen LogP contribution in [0.3, 0.4) is 0 Å². The van der Waals surface area contributed by atoms with E-state index >= 15 is 0 Å². The average molecular weight is 386 g/mol. The minimum atomic E-state index is 0.736. The lowest BCUT2D eigenvalue weighted by Crippen LogP contribution is -3.06. The summed E-state index contributed by atoms with van der Waals surface area (Å²) in [5.41, 5.74) is 0. The number of nitrogens with one attached hydrogen (secondary N) is 1. The largest absolute Gasteiger partial charge is 0.314 e. The number of rotatable bonds is 6. The highest BCUT2D eigenvalue weighted by Gasteiger charge is 2.15. The summed E-state index contributed by atoms with van der Waals surface area (Å²) in [5.74, 6) is 0.958. The van der Waals surface area contributed by atoms with Gasteiger partial charge in [0.15, 0.2) is 12.5 Å². The molecule has 3 heterocycles. The fourth-order valence-electron chi connectivity index (χ4n) is 2.47. The Labute approximate surface area is 153 Å². The van der Waals surface area contributed by atoms with Gasteiger partial charge in [0, 0.05) is 6.54 Å². The topological polar surface area (TPSA) is 27.2 Å². The van der Waals surface area contributed by atoms with Gasteiger partial charge in [0.05, 0.1) is 21.1 Å². The third-order valence-corrected chi connectivity index (χ3v) is 6.03. The molecule has 0 aliphatic heterocycles. The average Bonchev–Trinajstić information content (AvgIpc) is 3.22. The van der Waals surface area contributed by atoms with Gasteiger partial charge < -0.3 is 4.90 Å². The highest BCUT2D eigenvalue weighted by atomic mass is 35.5. The van der Waals surface area contributed by atoms with E-state index in [0.717, 1.165) is 39.6 Å². The Hall–Kier alpha value is -0.990. The molecular formula is C15H18ClN4S3+. The molecule has 3 rings (SSSR count). The van der Waals surface area contributed by atoms with Crippen molar-refractivity contribution in [1.82, 2.24) is 14.3 Å². The summed E-state index contributed by atoms with van der Waals surface area (Å²) >= 11 is 14.9. The van der Waals surface area contributed by atoms with E-state index < -0.39 is 0 Å². The van der Waals surface area contributed by atoms with Crippen LogP contribution in [0.4, 0.5) is 0 Å². The zero-order valence-corrected chi connectivity index (χ0v) is 16.2. The van der Waals surface area contributed by atoms with Crippen LogP contribution in [0, 0.1) is 4.77 Å². The van der Waals surface area contributed by atoms with Crippen LogP contribution in [-0.2, 0) is 19.8 Å². The van der Waals surface area contributed by atoms with Gasteiger partial charge in [-0.2, -0.15) is 4.68 Å². The Morgan fingerprint density at radius 1 is 1.35 bits per heavy atom. The van der Waals surface area contributed by atoms with E-state index in [9.17, 15) is 0 Å². The molecule has 1 unspecified atom stereocenters. The van der Waals surface area contributed by atoms with Crippen LogP contribution in [0.2, 0.25) is 4.34 Å². The lowest BCUT2D eigenvalue weighted by atomic mass is 10.4. The maximum Gasteiger partial charge on any atom is 0.203 e. The minimum Gasteiger partial charge on any atom is -0.314 e. The van der Waals surface area contributed by atoms with Crippen molar-refractivity contribution in [3.63, 3.8) is 0 Å². The van der Waals surface area contributed by atoms with Gasteiger partial charge in [-0.15, -0.1) is 27.8 Å². The molecule has 23 heavy (non-hydrogen) atoms. The smallest absolute Gasteiger partial charge is 0.203 e. The van der Waals surface area contributed by atoms with Crippen molar-refractivity contribution in [3.8, 4) is 10.7 Å². The quantitative estimate of drug-likeness (QED) is 0.657. The maximum atomic E-state index is 6.00. The second kappa shape index (κ2) is 7.27. The first kappa shape index (κ1) is 16.9. The summed E-state index contributed by atoms with van der Waals surface area (Å²) in [5, 5.41) is 6.82. The van der Waals surface area contributed by atoms with E-state index in [2.05, 4.69) is 36.1 Å². The molecule has 8 heteroatoms. The number of quaternary nitrogens is 1. The predicted molar refractivity (Wildman–Crippen MR) is 100.0 cm³/mol. The third kappa shape index (κ3) is 3.75.